The summed E-state index contributed by atoms with van der Waals surface area (Å²) in [7, 11) is 0. The van der Waals surface area contributed by atoms with Gasteiger partial charge in [0.05, 0.1) is 17.0 Å². The molecule has 1 saturated heterocycles. The highest BCUT2D eigenvalue weighted by Crippen LogP contribution is 2.44. The molecule has 2 aromatic carbocycles. The molecule has 1 aliphatic carbocycles. The molecule has 1 radical (unpaired) electrons. The molecule has 0 bridgehead atoms. The van der Waals surface area contributed by atoms with E-state index in [2.05, 4.69) is 0 Å². The molecule has 149 valence electrons. The Kier molecular flexibility index (Phi) is 4.26. The van der Waals surface area contributed by atoms with Gasteiger partial charge in [-0.2, -0.15) is 0 Å². The van der Waals surface area contributed by atoms with Crippen LogP contribution in [0.25, 0.3) is 0 Å². The lowest BCUT2D eigenvalue weighted by atomic mass is 9.83. The summed E-state index contributed by atoms with van der Waals surface area (Å²) in [6.45, 7) is 7.01. The number of benzene rings is 2. The van der Waals surface area contributed by atoms with Crippen LogP contribution in [0.2, 0.25) is 0 Å². The molecule has 0 aromatic heterocycles. The van der Waals surface area contributed by atoms with Gasteiger partial charge in [-0.05, 0) is 40.2 Å². The molecule has 1 heterocycles. The fraction of sp³-hybridized carbons (Fsp3) is 0.348. The smallest absolute Gasteiger partial charge is 0.316 e. The van der Waals surface area contributed by atoms with Crippen molar-refractivity contribution in [3.63, 3.8) is 0 Å². The molecule has 2 aromatic rings. The zero-order valence-electron chi connectivity index (χ0n) is 16.8. The normalized spacial score (nSPS) is 22.2. The van der Waals surface area contributed by atoms with Crippen LogP contribution >= 0.6 is 0 Å². The molecule has 2 aliphatic rings. The number of ether oxygens (including phenoxy) is 1. The fourth-order valence-electron chi connectivity index (χ4n) is 4.50. The largest absolute Gasteiger partial charge is 0.425 e. The van der Waals surface area contributed by atoms with Crippen molar-refractivity contribution >= 4 is 17.5 Å². The van der Waals surface area contributed by atoms with Crippen molar-refractivity contribution in [3.8, 4) is 5.75 Å². The summed E-state index contributed by atoms with van der Waals surface area (Å²) in [5.74, 6) is -1.81. The summed E-state index contributed by atoms with van der Waals surface area (Å²) in [5.41, 5.74) is -0.694. The summed E-state index contributed by atoms with van der Waals surface area (Å²) in [6.07, 6.45) is 0.340. The van der Waals surface area contributed by atoms with Crippen LogP contribution in [0.1, 0.15) is 66.0 Å². The van der Waals surface area contributed by atoms with Crippen LogP contribution in [0.5, 0.6) is 5.75 Å². The zero-order chi connectivity index (χ0) is 21.1. The average molecular weight is 392 g/mol. The van der Waals surface area contributed by atoms with E-state index >= 15 is 0 Å². The SMILES string of the molecule is CC1(C)CC(C(=O)Oc2cccc3c2C(=O)c2ccccc2C3=O)C(C)(C)N1[O]. The van der Waals surface area contributed by atoms with E-state index < -0.39 is 23.0 Å². The second-order valence-corrected chi connectivity index (χ2v) is 8.82. The standard InChI is InChI=1S/C23H22NO5/c1-22(2)12-16(23(3,4)24(22)28)21(27)29-17-11-7-10-15-18(17)20(26)14-9-6-5-8-13(14)19(15)25/h5-11,16H,12H2,1-4H3. The predicted molar refractivity (Wildman–Crippen MR) is 104 cm³/mol. The molecule has 1 unspecified atom stereocenters. The maximum atomic E-state index is 13.1. The number of hydroxylamine groups is 2. The zero-order valence-corrected chi connectivity index (χ0v) is 16.8. The third-order valence-corrected chi connectivity index (χ3v) is 6.04. The maximum Gasteiger partial charge on any atom is 0.316 e. The van der Waals surface area contributed by atoms with Crippen LogP contribution in [-0.4, -0.2) is 33.7 Å². The molecule has 6 heteroatoms. The lowest BCUT2D eigenvalue weighted by Crippen LogP contribution is -2.48. The molecule has 1 atom stereocenters. The number of carbonyl (C=O) groups excluding carboxylic acids is 3. The number of esters is 1. The Hall–Kier alpha value is -2.83. The lowest BCUT2D eigenvalue weighted by molar-refractivity contribution is -0.248. The van der Waals surface area contributed by atoms with Gasteiger partial charge in [0.2, 0.25) is 0 Å². The van der Waals surface area contributed by atoms with Gasteiger partial charge in [-0.1, -0.05) is 36.4 Å². The molecule has 4 rings (SSSR count). The minimum atomic E-state index is -0.943. The number of rotatable bonds is 2. The van der Waals surface area contributed by atoms with Crippen LogP contribution in [0.4, 0.5) is 0 Å². The molecule has 29 heavy (non-hydrogen) atoms. The van der Waals surface area contributed by atoms with Crippen molar-refractivity contribution in [2.75, 3.05) is 0 Å². The van der Waals surface area contributed by atoms with E-state index in [9.17, 15) is 19.6 Å². The first-order valence-electron chi connectivity index (χ1n) is 9.56. The Bertz CT molecular complexity index is 1050. The third kappa shape index (κ3) is 2.82. The number of hydrogen-bond donors (Lipinski definition) is 0. The van der Waals surface area contributed by atoms with Crippen LogP contribution in [0.15, 0.2) is 42.5 Å². The van der Waals surface area contributed by atoms with Crippen LogP contribution in [-0.2, 0) is 10.0 Å². The summed E-state index contributed by atoms with van der Waals surface area (Å²) >= 11 is 0. The Morgan fingerprint density at radius 1 is 0.931 bits per heavy atom. The first-order chi connectivity index (χ1) is 13.6. The first-order valence-corrected chi connectivity index (χ1v) is 9.56. The van der Waals surface area contributed by atoms with Crippen molar-refractivity contribution in [2.45, 2.75) is 45.2 Å². The summed E-state index contributed by atoms with van der Waals surface area (Å²) in [6, 6.07) is 11.3. The van der Waals surface area contributed by atoms with Gasteiger partial charge in [0.15, 0.2) is 11.6 Å². The highest BCUT2D eigenvalue weighted by Gasteiger charge is 2.56. The highest BCUT2D eigenvalue weighted by molar-refractivity contribution is 6.29. The molecule has 0 N–H and O–H groups in total. The monoisotopic (exact) mass is 392 g/mol. The molecule has 0 amide bonds. The van der Waals surface area contributed by atoms with Gasteiger partial charge in [-0.3, -0.25) is 14.4 Å². The van der Waals surface area contributed by atoms with Crippen LogP contribution in [0, 0.1) is 5.92 Å². The lowest BCUT2D eigenvalue weighted by Gasteiger charge is -2.33. The van der Waals surface area contributed by atoms with Gasteiger partial charge in [0.25, 0.3) is 0 Å². The average Bonchev–Trinajstić information content (AvgIpc) is 2.85. The molecular formula is C23H22NO5. The second kappa shape index (κ2) is 6.34. The molecule has 1 fully saturated rings. The van der Waals surface area contributed by atoms with Crippen molar-refractivity contribution < 1.29 is 24.3 Å². The third-order valence-electron chi connectivity index (χ3n) is 6.04. The van der Waals surface area contributed by atoms with E-state index in [1.54, 1.807) is 64.1 Å². The van der Waals surface area contributed by atoms with E-state index in [4.69, 9.17) is 4.74 Å². The summed E-state index contributed by atoms with van der Waals surface area (Å²) in [4.78, 5) is 38.9. The molecular weight excluding hydrogens is 370 g/mol. The Morgan fingerprint density at radius 3 is 2.10 bits per heavy atom. The van der Waals surface area contributed by atoms with Gasteiger partial charge in [-0.15, -0.1) is 10.3 Å². The molecule has 0 spiro atoms. The number of fused-ring (bicyclic) bond motifs is 2. The van der Waals surface area contributed by atoms with E-state index in [-0.39, 0.29) is 28.4 Å². The predicted octanol–water partition coefficient (Wildman–Crippen LogP) is 3.59. The maximum absolute atomic E-state index is 13.1. The van der Waals surface area contributed by atoms with Crippen molar-refractivity contribution in [2.24, 2.45) is 5.92 Å². The number of hydrogen-bond acceptors (Lipinski definition) is 5. The van der Waals surface area contributed by atoms with Crippen molar-refractivity contribution in [1.82, 2.24) is 5.06 Å². The van der Waals surface area contributed by atoms with E-state index in [0.717, 1.165) is 5.06 Å². The number of nitrogens with zero attached hydrogens (tertiary/aromatic N) is 1. The fourth-order valence-corrected chi connectivity index (χ4v) is 4.50. The van der Waals surface area contributed by atoms with E-state index in [1.807, 2.05) is 0 Å². The second-order valence-electron chi connectivity index (χ2n) is 8.82. The van der Waals surface area contributed by atoms with Gasteiger partial charge in [-0.25, -0.2) is 0 Å². The Balaban J connectivity index is 1.71. The van der Waals surface area contributed by atoms with Crippen LogP contribution < -0.4 is 4.74 Å². The minimum absolute atomic E-state index is 0.0540. The summed E-state index contributed by atoms with van der Waals surface area (Å²) in [5, 5.41) is 13.5. The number of ketones is 2. The van der Waals surface area contributed by atoms with E-state index in [0.29, 0.717) is 17.5 Å². The quantitative estimate of drug-likeness (QED) is 0.492. The molecule has 0 saturated carbocycles. The van der Waals surface area contributed by atoms with Gasteiger partial charge >= 0.3 is 5.97 Å². The first kappa shape index (κ1) is 19.5. The van der Waals surface area contributed by atoms with Crippen LogP contribution in [0.3, 0.4) is 0 Å². The Labute approximate surface area is 169 Å². The van der Waals surface area contributed by atoms with Gasteiger partial charge in [0.1, 0.15) is 5.75 Å². The van der Waals surface area contributed by atoms with Gasteiger partial charge < -0.3 is 4.74 Å². The van der Waals surface area contributed by atoms with Gasteiger partial charge in [0, 0.05) is 22.2 Å². The highest BCUT2D eigenvalue weighted by atomic mass is 16.5. The molecule has 6 nitrogen and oxygen atoms in total. The van der Waals surface area contributed by atoms with Crippen molar-refractivity contribution in [1.29, 1.82) is 0 Å². The van der Waals surface area contributed by atoms with Crippen molar-refractivity contribution in [3.05, 3.63) is 64.7 Å². The minimum Gasteiger partial charge on any atom is -0.425 e. The number of carbonyl (C=O) groups is 3. The summed E-state index contributed by atoms with van der Waals surface area (Å²) < 4.78 is 5.63. The topological polar surface area (TPSA) is 83.6 Å². The Morgan fingerprint density at radius 2 is 1.52 bits per heavy atom. The molecule has 1 aliphatic heterocycles. The van der Waals surface area contributed by atoms with E-state index in [1.165, 1.54) is 6.07 Å².